The Kier molecular flexibility index (Phi) is 8.38. The molecule has 0 atom stereocenters. The molecule has 5 rings (SSSR count). The number of nitrogens with one attached hydrogen (secondary N) is 3. The standard InChI is InChI=1S/C28H39F2N7S/c1-3-12-38-23-14-21(15-23)33-27-34-25(32-20-9-7-8-19(13-20)28(2,29)30)24(16-31)26(35-27)37-17-22(18-37)36-10-5-4-6-11-36/h7-9,13,16,21-23,31H,3-6,10-12,14-15,17-18H2,1-2H3,(H2,32,33,34,35). The van der Waals surface area contributed by atoms with E-state index in [0.717, 1.165) is 51.8 Å². The van der Waals surface area contributed by atoms with Gasteiger partial charge in [-0.25, -0.2) is 8.78 Å². The number of aromatic nitrogens is 2. The van der Waals surface area contributed by atoms with Crippen molar-refractivity contribution in [3.05, 3.63) is 35.4 Å². The monoisotopic (exact) mass is 543 g/mol. The highest BCUT2D eigenvalue weighted by molar-refractivity contribution is 7.99. The Morgan fingerprint density at radius 2 is 1.92 bits per heavy atom. The smallest absolute Gasteiger partial charge is 0.270 e. The van der Waals surface area contributed by atoms with E-state index in [1.807, 2.05) is 11.8 Å². The fraction of sp³-hybridized carbons (Fsp3) is 0.607. The molecule has 1 saturated carbocycles. The SMILES string of the molecule is CCCSC1CC(Nc2nc(Nc3cccc(C(C)(F)F)c3)c(C=N)c(N3CC(N4CCCCC4)C3)n2)C1. The zero-order valence-corrected chi connectivity index (χ0v) is 23.2. The zero-order valence-electron chi connectivity index (χ0n) is 22.4. The number of nitrogens with zero attached hydrogens (tertiary/aromatic N) is 4. The van der Waals surface area contributed by atoms with Gasteiger partial charge >= 0.3 is 0 Å². The van der Waals surface area contributed by atoms with E-state index in [0.29, 0.717) is 40.4 Å². The number of benzene rings is 1. The Morgan fingerprint density at radius 3 is 2.61 bits per heavy atom. The summed E-state index contributed by atoms with van der Waals surface area (Å²) in [6.07, 6.45) is 8.43. The lowest BCUT2D eigenvalue weighted by Gasteiger charge is -2.47. The van der Waals surface area contributed by atoms with Crippen LogP contribution in [0.15, 0.2) is 24.3 Å². The van der Waals surface area contributed by atoms with Crippen LogP contribution in [0.25, 0.3) is 0 Å². The van der Waals surface area contributed by atoms with Gasteiger partial charge in [-0.1, -0.05) is 25.5 Å². The van der Waals surface area contributed by atoms with Gasteiger partial charge in [0.2, 0.25) is 5.95 Å². The third kappa shape index (κ3) is 6.22. The van der Waals surface area contributed by atoms with E-state index in [1.54, 1.807) is 12.1 Å². The van der Waals surface area contributed by atoms with Gasteiger partial charge in [0.15, 0.2) is 0 Å². The number of likely N-dealkylation sites (tertiary alicyclic amines) is 1. The van der Waals surface area contributed by atoms with Gasteiger partial charge in [-0.15, -0.1) is 0 Å². The summed E-state index contributed by atoms with van der Waals surface area (Å²) < 4.78 is 28.0. The molecule has 3 heterocycles. The first-order valence-corrected chi connectivity index (χ1v) is 14.9. The predicted octanol–water partition coefficient (Wildman–Crippen LogP) is 6.09. The van der Waals surface area contributed by atoms with Crippen molar-refractivity contribution in [1.29, 1.82) is 5.41 Å². The molecule has 1 aliphatic carbocycles. The summed E-state index contributed by atoms with van der Waals surface area (Å²) in [4.78, 5) is 14.4. The molecule has 0 amide bonds. The fourth-order valence-electron chi connectivity index (χ4n) is 5.43. The second-order valence-corrected chi connectivity index (χ2v) is 12.2. The largest absolute Gasteiger partial charge is 0.353 e. The van der Waals surface area contributed by atoms with E-state index in [4.69, 9.17) is 15.4 Å². The van der Waals surface area contributed by atoms with Gasteiger partial charge in [0.1, 0.15) is 11.6 Å². The molecule has 10 heteroatoms. The highest BCUT2D eigenvalue weighted by Gasteiger charge is 2.36. The summed E-state index contributed by atoms with van der Waals surface area (Å²) in [5.74, 6) is -0.0505. The fourth-order valence-corrected chi connectivity index (χ4v) is 6.73. The van der Waals surface area contributed by atoms with Crippen LogP contribution in [0.4, 0.5) is 32.1 Å². The zero-order chi connectivity index (χ0) is 26.7. The molecule has 2 aliphatic heterocycles. The predicted molar refractivity (Wildman–Crippen MR) is 154 cm³/mol. The van der Waals surface area contributed by atoms with Crippen LogP contribution >= 0.6 is 11.8 Å². The number of rotatable bonds is 11. The molecule has 7 nitrogen and oxygen atoms in total. The third-order valence-corrected chi connectivity index (χ3v) is 9.26. The van der Waals surface area contributed by atoms with E-state index in [9.17, 15) is 8.78 Å². The molecular formula is C28H39F2N7S. The van der Waals surface area contributed by atoms with Gasteiger partial charge in [0, 0.05) is 54.8 Å². The van der Waals surface area contributed by atoms with E-state index in [-0.39, 0.29) is 5.56 Å². The minimum absolute atomic E-state index is 0.0660. The van der Waals surface area contributed by atoms with E-state index < -0.39 is 5.92 Å². The lowest BCUT2D eigenvalue weighted by molar-refractivity contribution is 0.0175. The van der Waals surface area contributed by atoms with Crippen LogP contribution < -0.4 is 15.5 Å². The van der Waals surface area contributed by atoms with Crippen LogP contribution in [-0.2, 0) is 5.92 Å². The van der Waals surface area contributed by atoms with Crippen molar-refractivity contribution in [2.24, 2.45) is 0 Å². The number of anilines is 4. The average Bonchev–Trinajstić information content (AvgIpc) is 2.85. The number of halogens is 2. The van der Waals surface area contributed by atoms with Crippen molar-refractivity contribution in [2.45, 2.75) is 75.6 Å². The highest BCUT2D eigenvalue weighted by atomic mass is 32.2. The maximum absolute atomic E-state index is 14.0. The lowest BCUT2D eigenvalue weighted by atomic mass is 9.92. The highest BCUT2D eigenvalue weighted by Crippen LogP contribution is 2.36. The van der Waals surface area contributed by atoms with Gasteiger partial charge in [0.25, 0.3) is 5.92 Å². The van der Waals surface area contributed by atoms with Gasteiger partial charge in [-0.05, 0) is 63.1 Å². The van der Waals surface area contributed by atoms with Gasteiger partial charge in [-0.3, -0.25) is 4.90 Å². The summed E-state index contributed by atoms with van der Waals surface area (Å²) in [7, 11) is 0. The topological polar surface area (TPSA) is 80.2 Å². The number of hydrogen-bond donors (Lipinski definition) is 3. The Labute approximate surface area is 228 Å². The van der Waals surface area contributed by atoms with Crippen molar-refractivity contribution < 1.29 is 8.78 Å². The number of hydrogen-bond acceptors (Lipinski definition) is 8. The first-order valence-electron chi connectivity index (χ1n) is 13.9. The summed E-state index contributed by atoms with van der Waals surface area (Å²) in [5, 5.41) is 15.6. The van der Waals surface area contributed by atoms with Gasteiger partial charge in [-0.2, -0.15) is 21.7 Å². The van der Waals surface area contributed by atoms with Crippen LogP contribution in [0.2, 0.25) is 0 Å². The molecule has 1 aromatic carbocycles. The van der Waals surface area contributed by atoms with Crippen LogP contribution in [0.1, 0.15) is 63.5 Å². The summed E-state index contributed by atoms with van der Waals surface area (Å²) in [6.45, 7) is 7.14. The van der Waals surface area contributed by atoms with Crippen molar-refractivity contribution in [1.82, 2.24) is 14.9 Å². The first kappa shape index (κ1) is 27.1. The van der Waals surface area contributed by atoms with E-state index in [1.165, 1.54) is 49.8 Å². The normalized spacial score (nSPS) is 22.5. The van der Waals surface area contributed by atoms with Crippen LogP contribution in [0, 0.1) is 5.41 Å². The molecule has 3 N–H and O–H groups in total. The van der Waals surface area contributed by atoms with Crippen molar-refractivity contribution in [3.8, 4) is 0 Å². The molecule has 206 valence electrons. The van der Waals surface area contributed by atoms with Crippen molar-refractivity contribution >= 4 is 41.2 Å². The maximum Gasteiger partial charge on any atom is 0.270 e. The van der Waals surface area contributed by atoms with Crippen LogP contribution in [-0.4, -0.2) is 70.3 Å². The summed E-state index contributed by atoms with van der Waals surface area (Å²) in [5.41, 5.74) is 1.02. The minimum Gasteiger partial charge on any atom is -0.353 e. The maximum atomic E-state index is 14.0. The molecule has 0 bridgehead atoms. The first-order chi connectivity index (χ1) is 18.3. The number of alkyl halides is 2. The molecule has 0 spiro atoms. The Balaban J connectivity index is 1.38. The molecule has 38 heavy (non-hydrogen) atoms. The number of piperidine rings is 1. The molecular weight excluding hydrogens is 504 g/mol. The van der Waals surface area contributed by atoms with E-state index >= 15 is 0 Å². The van der Waals surface area contributed by atoms with E-state index in [2.05, 4.69) is 27.4 Å². The van der Waals surface area contributed by atoms with Gasteiger partial charge in [0.05, 0.1) is 5.56 Å². The molecule has 0 radical (unpaired) electrons. The van der Waals surface area contributed by atoms with Crippen molar-refractivity contribution in [2.75, 3.05) is 47.5 Å². The van der Waals surface area contributed by atoms with Crippen molar-refractivity contribution in [3.63, 3.8) is 0 Å². The second kappa shape index (κ2) is 11.7. The molecule has 2 aromatic rings. The minimum atomic E-state index is -2.94. The quantitative estimate of drug-likeness (QED) is 0.296. The Morgan fingerprint density at radius 1 is 1.16 bits per heavy atom. The summed E-state index contributed by atoms with van der Waals surface area (Å²) in [6, 6.07) is 7.04. The molecule has 2 saturated heterocycles. The molecule has 1 aromatic heterocycles. The molecule has 0 unspecified atom stereocenters. The lowest BCUT2D eigenvalue weighted by Crippen LogP contribution is -2.61. The second-order valence-electron chi connectivity index (χ2n) is 10.8. The average molecular weight is 544 g/mol. The van der Waals surface area contributed by atoms with Gasteiger partial charge < -0.3 is 20.9 Å². The number of thioether (sulfide) groups is 1. The van der Waals surface area contributed by atoms with Crippen LogP contribution in [0.5, 0.6) is 0 Å². The van der Waals surface area contributed by atoms with Crippen LogP contribution in [0.3, 0.4) is 0 Å². The third-order valence-electron chi connectivity index (χ3n) is 7.76. The Bertz CT molecular complexity index is 1110. The molecule has 3 fully saturated rings. The molecule has 3 aliphatic rings. The summed E-state index contributed by atoms with van der Waals surface area (Å²) >= 11 is 2.03. The Hall–Kier alpha value is -2.46.